The van der Waals surface area contributed by atoms with Crippen molar-refractivity contribution in [3.63, 3.8) is 0 Å². The first-order valence-corrected chi connectivity index (χ1v) is 7.04. The Morgan fingerprint density at radius 1 is 1.33 bits per heavy atom. The molecule has 3 atom stereocenters. The van der Waals surface area contributed by atoms with Crippen LogP contribution in [0.15, 0.2) is 0 Å². The van der Waals surface area contributed by atoms with Gasteiger partial charge in [0.1, 0.15) is 0 Å². The summed E-state index contributed by atoms with van der Waals surface area (Å²) in [5.41, 5.74) is 0. The topological polar surface area (TPSA) is 41.1 Å². The van der Waals surface area contributed by atoms with E-state index in [2.05, 4.69) is 17.6 Å². The third-order valence-corrected chi connectivity index (χ3v) is 4.79. The Morgan fingerprint density at radius 2 is 2.20 bits per heavy atom. The van der Waals surface area contributed by atoms with Crippen LogP contribution in [0.25, 0.3) is 0 Å². The molecule has 0 bridgehead atoms. The van der Waals surface area contributed by atoms with Crippen molar-refractivity contribution in [2.45, 2.75) is 56.4 Å². The highest BCUT2D eigenvalue weighted by Gasteiger charge is 2.42. The fourth-order valence-electron chi connectivity index (χ4n) is 2.42. The quantitative estimate of drug-likeness (QED) is 0.559. The molecule has 2 amide bonds. The number of unbranched alkanes of at least 4 members (excludes halogenated alkanes) is 3. The van der Waals surface area contributed by atoms with Crippen LogP contribution in [0.3, 0.4) is 0 Å². The summed E-state index contributed by atoms with van der Waals surface area (Å²) in [6.45, 7) is 2.24. The molecule has 0 aliphatic carbocycles. The number of nitrogens with one attached hydrogen (secondary N) is 2. The number of amides is 2. The summed E-state index contributed by atoms with van der Waals surface area (Å²) in [5, 5.41) is 6.66. The molecule has 86 valence electrons. The summed E-state index contributed by atoms with van der Waals surface area (Å²) in [6, 6.07) is 0.812. The third-order valence-electron chi connectivity index (χ3n) is 3.28. The summed E-state index contributed by atoms with van der Waals surface area (Å²) in [7, 11) is 0. The molecule has 0 aromatic heterocycles. The summed E-state index contributed by atoms with van der Waals surface area (Å²) in [4.78, 5) is 11.1. The Bertz CT molecular complexity index is 235. The van der Waals surface area contributed by atoms with Gasteiger partial charge >= 0.3 is 6.03 Å². The Kier molecular flexibility index (Phi) is 3.78. The maximum atomic E-state index is 11.1. The van der Waals surface area contributed by atoms with Crippen molar-refractivity contribution in [1.82, 2.24) is 10.6 Å². The van der Waals surface area contributed by atoms with Crippen molar-refractivity contribution in [2.75, 3.05) is 5.75 Å². The second-order valence-electron chi connectivity index (χ2n) is 4.47. The molecular formula is C11H20N2OS. The molecule has 2 aliphatic rings. The van der Waals surface area contributed by atoms with Gasteiger partial charge in [-0.05, 0) is 6.42 Å². The van der Waals surface area contributed by atoms with Gasteiger partial charge in [0.25, 0.3) is 0 Å². The molecule has 1 unspecified atom stereocenters. The molecule has 4 heteroatoms. The fraction of sp³-hybridized carbons (Fsp3) is 0.909. The van der Waals surface area contributed by atoms with Crippen LogP contribution < -0.4 is 10.6 Å². The highest BCUT2D eigenvalue weighted by atomic mass is 32.2. The highest BCUT2D eigenvalue weighted by molar-refractivity contribution is 8.00. The summed E-state index contributed by atoms with van der Waals surface area (Å²) in [6.07, 6.45) is 6.54. The molecule has 2 heterocycles. The lowest BCUT2D eigenvalue weighted by molar-refractivity contribution is 0.247. The van der Waals surface area contributed by atoms with E-state index in [0.29, 0.717) is 17.3 Å². The smallest absolute Gasteiger partial charge is 0.315 e. The molecule has 0 aromatic rings. The Morgan fingerprint density at radius 3 is 3.00 bits per heavy atom. The second kappa shape index (κ2) is 5.10. The Hall–Kier alpha value is -0.380. The van der Waals surface area contributed by atoms with E-state index in [1.54, 1.807) is 0 Å². The first-order chi connectivity index (χ1) is 7.31. The van der Waals surface area contributed by atoms with Crippen molar-refractivity contribution in [2.24, 2.45) is 0 Å². The van der Waals surface area contributed by atoms with E-state index in [4.69, 9.17) is 0 Å². The first-order valence-electron chi connectivity index (χ1n) is 6.00. The highest BCUT2D eigenvalue weighted by Crippen LogP contribution is 2.33. The maximum absolute atomic E-state index is 11.1. The fourth-order valence-corrected chi connectivity index (χ4v) is 3.96. The zero-order valence-electron chi connectivity index (χ0n) is 9.29. The zero-order chi connectivity index (χ0) is 10.7. The number of carbonyl (C=O) groups excluding carboxylic acids is 1. The lowest BCUT2D eigenvalue weighted by Crippen LogP contribution is -2.36. The number of carbonyl (C=O) groups is 1. The van der Waals surface area contributed by atoms with Gasteiger partial charge < -0.3 is 10.6 Å². The van der Waals surface area contributed by atoms with Gasteiger partial charge in [0.2, 0.25) is 0 Å². The van der Waals surface area contributed by atoms with E-state index in [0.717, 1.165) is 5.75 Å². The number of hydrogen-bond donors (Lipinski definition) is 2. The average Bonchev–Trinajstić information content (AvgIpc) is 2.73. The Balaban J connectivity index is 1.72. The predicted molar refractivity (Wildman–Crippen MR) is 64.2 cm³/mol. The van der Waals surface area contributed by atoms with Gasteiger partial charge in [-0.3, -0.25) is 0 Å². The zero-order valence-corrected chi connectivity index (χ0v) is 10.1. The minimum Gasteiger partial charge on any atom is -0.332 e. The first kappa shape index (κ1) is 11.1. The summed E-state index contributed by atoms with van der Waals surface area (Å²) < 4.78 is 0. The largest absolute Gasteiger partial charge is 0.332 e. The van der Waals surface area contributed by atoms with E-state index < -0.39 is 0 Å². The van der Waals surface area contributed by atoms with Gasteiger partial charge in [-0.2, -0.15) is 11.8 Å². The van der Waals surface area contributed by atoms with Crippen molar-refractivity contribution in [3.05, 3.63) is 0 Å². The molecule has 2 rings (SSSR count). The van der Waals surface area contributed by atoms with Crippen LogP contribution in [-0.4, -0.2) is 29.1 Å². The van der Waals surface area contributed by atoms with E-state index in [1.165, 1.54) is 32.1 Å². The molecule has 2 N–H and O–H groups in total. The lowest BCUT2D eigenvalue weighted by Gasteiger charge is -2.16. The van der Waals surface area contributed by atoms with Crippen LogP contribution in [0.2, 0.25) is 0 Å². The van der Waals surface area contributed by atoms with Gasteiger partial charge in [0, 0.05) is 11.0 Å². The monoisotopic (exact) mass is 228 g/mol. The molecular weight excluding hydrogens is 208 g/mol. The molecule has 2 fully saturated rings. The van der Waals surface area contributed by atoms with Crippen LogP contribution >= 0.6 is 11.8 Å². The van der Waals surface area contributed by atoms with Crippen molar-refractivity contribution < 1.29 is 4.79 Å². The molecule has 0 saturated carbocycles. The van der Waals surface area contributed by atoms with E-state index in [9.17, 15) is 4.79 Å². The molecule has 0 radical (unpaired) electrons. The predicted octanol–water partition coefficient (Wildman–Crippen LogP) is 2.12. The number of rotatable bonds is 5. The standard InChI is InChI=1S/C11H20N2OS/c1-2-3-4-5-6-9-10-8(7-15-9)12-11(14)13-10/h8-10H,2-7H2,1H3,(H2,12,13,14)/t8-,9?,10-/m0/s1. The van der Waals surface area contributed by atoms with E-state index in [1.807, 2.05) is 11.8 Å². The van der Waals surface area contributed by atoms with Gasteiger partial charge in [-0.15, -0.1) is 0 Å². The minimum absolute atomic E-state index is 0.0314. The summed E-state index contributed by atoms with van der Waals surface area (Å²) >= 11 is 2.02. The van der Waals surface area contributed by atoms with Crippen LogP contribution in [0, 0.1) is 0 Å². The van der Waals surface area contributed by atoms with Crippen molar-refractivity contribution >= 4 is 17.8 Å². The van der Waals surface area contributed by atoms with Gasteiger partial charge in [0.15, 0.2) is 0 Å². The van der Waals surface area contributed by atoms with Crippen LogP contribution in [0.4, 0.5) is 4.79 Å². The summed E-state index contributed by atoms with van der Waals surface area (Å²) in [5.74, 6) is 1.09. The molecule has 15 heavy (non-hydrogen) atoms. The third kappa shape index (κ3) is 2.60. The maximum Gasteiger partial charge on any atom is 0.315 e. The average molecular weight is 228 g/mol. The number of hydrogen-bond acceptors (Lipinski definition) is 2. The normalized spacial score (nSPS) is 33.7. The second-order valence-corrected chi connectivity index (χ2v) is 5.74. The van der Waals surface area contributed by atoms with Crippen LogP contribution in [0.1, 0.15) is 39.0 Å². The van der Waals surface area contributed by atoms with Crippen molar-refractivity contribution in [3.8, 4) is 0 Å². The van der Waals surface area contributed by atoms with Crippen molar-refractivity contribution in [1.29, 1.82) is 0 Å². The van der Waals surface area contributed by atoms with E-state index in [-0.39, 0.29) is 6.03 Å². The lowest BCUT2D eigenvalue weighted by atomic mass is 10.0. The van der Waals surface area contributed by atoms with Gasteiger partial charge in [-0.25, -0.2) is 4.79 Å². The van der Waals surface area contributed by atoms with Crippen LogP contribution in [0.5, 0.6) is 0 Å². The SMILES string of the molecule is CCCCCCC1SC[C@@H]2NC(=O)N[C@H]12. The van der Waals surface area contributed by atoms with Crippen LogP contribution in [-0.2, 0) is 0 Å². The Labute approximate surface area is 95.8 Å². The molecule has 3 nitrogen and oxygen atoms in total. The molecule has 0 spiro atoms. The van der Waals surface area contributed by atoms with Gasteiger partial charge in [-0.1, -0.05) is 32.6 Å². The van der Waals surface area contributed by atoms with E-state index >= 15 is 0 Å². The minimum atomic E-state index is 0.0314. The number of fused-ring (bicyclic) bond motifs is 1. The molecule has 2 saturated heterocycles. The molecule has 2 aliphatic heterocycles. The molecule has 0 aromatic carbocycles. The number of urea groups is 1. The number of thioether (sulfide) groups is 1. The van der Waals surface area contributed by atoms with Gasteiger partial charge in [0.05, 0.1) is 12.1 Å².